The lowest BCUT2D eigenvalue weighted by molar-refractivity contribution is -0.384. The molecule has 0 saturated carbocycles. The minimum absolute atomic E-state index is 0.0643. The van der Waals surface area contributed by atoms with Crippen molar-refractivity contribution in [2.45, 2.75) is 0 Å². The summed E-state index contributed by atoms with van der Waals surface area (Å²) in [5.74, 6) is 0.216. The van der Waals surface area contributed by atoms with Gasteiger partial charge in [0.1, 0.15) is 5.75 Å². The van der Waals surface area contributed by atoms with Crippen LogP contribution in [0, 0.1) is 10.1 Å². The molecule has 0 fully saturated rings. The number of aromatic nitrogens is 3. The summed E-state index contributed by atoms with van der Waals surface area (Å²) in [6.07, 6.45) is 2.73. The van der Waals surface area contributed by atoms with Crippen molar-refractivity contribution >= 4 is 5.69 Å². The van der Waals surface area contributed by atoms with Gasteiger partial charge in [0.15, 0.2) is 0 Å². The highest BCUT2D eigenvalue weighted by atomic mass is 16.6. The van der Waals surface area contributed by atoms with Gasteiger partial charge in [-0.3, -0.25) is 15.1 Å². The van der Waals surface area contributed by atoms with Gasteiger partial charge in [0.25, 0.3) is 11.6 Å². The molecule has 21 heavy (non-hydrogen) atoms. The van der Waals surface area contributed by atoms with Gasteiger partial charge in [0, 0.05) is 23.9 Å². The van der Waals surface area contributed by atoms with Crippen LogP contribution >= 0.6 is 0 Å². The number of pyridine rings is 1. The summed E-state index contributed by atoms with van der Waals surface area (Å²) < 4.78 is 5.07. The number of rotatable bonds is 3. The van der Waals surface area contributed by atoms with E-state index < -0.39 is 4.92 Å². The number of nitro groups is 1. The smallest absolute Gasteiger partial charge is 0.270 e. The molecule has 0 bridgehead atoms. The second kappa shape index (κ2) is 5.00. The van der Waals surface area contributed by atoms with Gasteiger partial charge in [0.05, 0.1) is 16.7 Å². The predicted molar refractivity (Wildman–Crippen MR) is 71.3 cm³/mol. The van der Waals surface area contributed by atoms with Crippen LogP contribution in [0.3, 0.4) is 0 Å². The first-order valence-electron chi connectivity index (χ1n) is 5.87. The SMILES string of the molecule is O=[N+]([O-])c1cccc(-c2noc(-c3ccncc3O)n2)c1. The van der Waals surface area contributed by atoms with Crippen molar-refractivity contribution < 1.29 is 14.6 Å². The fourth-order valence-corrected chi connectivity index (χ4v) is 1.78. The first kappa shape index (κ1) is 12.7. The first-order chi connectivity index (χ1) is 10.1. The van der Waals surface area contributed by atoms with Gasteiger partial charge in [-0.15, -0.1) is 0 Å². The molecule has 0 aliphatic heterocycles. The molecule has 0 aliphatic rings. The molecule has 8 nitrogen and oxygen atoms in total. The monoisotopic (exact) mass is 284 g/mol. The molecule has 0 spiro atoms. The van der Waals surface area contributed by atoms with Crippen LogP contribution in [0.15, 0.2) is 47.2 Å². The number of nitro benzene ring substituents is 1. The lowest BCUT2D eigenvalue weighted by atomic mass is 10.2. The van der Waals surface area contributed by atoms with E-state index in [1.54, 1.807) is 6.07 Å². The molecule has 104 valence electrons. The van der Waals surface area contributed by atoms with Crippen molar-refractivity contribution in [3.8, 4) is 28.6 Å². The Balaban J connectivity index is 2.01. The van der Waals surface area contributed by atoms with E-state index in [0.717, 1.165) is 0 Å². The van der Waals surface area contributed by atoms with Gasteiger partial charge in [-0.05, 0) is 6.07 Å². The van der Waals surface area contributed by atoms with Crippen molar-refractivity contribution in [2.24, 2.45) is 0 Å². The average molecular weight is 284 g/mol. The maximum Gasteiger partial charge on any atom is 0.270 e. The van der Waals surface area contributed by atoms with E-state index in [9.17, 15) is 15.2 Å². The third-order valence-corrected chi connectivity index (χ3v) is 2.77. The lowest BCUT2D eigenvalue weighted by Crippen LogP contribution is -1.89. The first-order valence-corrected chi connectivity index (χ1v) is 5.87. The molecule has 0 unspecified atom stereocenters. The second-order valence-corrected chi connectivity index (χ2v) is 4.12. The molecule has 0 aliphatic carbocycles. The number of non-ortho nitro benzene ring substituents is 1. The van der Waals surface area contributed by atoms with E-state index in [1.165, 1.54) is 36.7 Å². The van der Waals surface area contributed by atoms with Gasteiger partial charge in [-0.25, -0.2) is 0 Å². The van der Waals surface area contributed by atoms with Gasteiger partial charge >= 0.3 is 0 Å². The molecular weight excluding hydrogens is 276 g/mol. The van der Waals surface area contributed by atoms with Crippen molar-refractivity contribution in [3.63, 3.8) is 0 Å². The fraction of sp³-hybridized carbons (Fsp3) is 0. The van der Waals surface area contributed by atoms with Crippen LogP contribution in [0.4, 0.5) is 5.69 Å². The summed E-state index contributed by atoms with van der Waals surface area (Å²) in [5, 5.41) is 24.2. The molecule has 2 aromatic heterocycles. The van der Waals surface area contributed by atoms with E-state index in [-0.39, 0.29) is 23.2 Å². The van der Waals surface area contributed by atoms with Gasteiger partial charge in [-0.2, -0.15) is 4.98 Å². The number of aromatic hydroxyl groups is 1. The van der Waals surface area contributed by atoms with E-state index in [2.05, 4.69) is 15.1 Å². The van der Waals surface area contributed by atoms with Crippen LogP contribution in [0.2, 0.25) is 0 Å². The molecule has 2 heterocycles. The zero-order valence-electron chi connectivity index (χ0n) is 10.5. The summed E-state index contributed by atoms with van der Waals surface area (Å²) in [6, 6.07) is 7.42. The highest BCUT2D eigenvalue weighted by molar-refractivity contribution is 5.65. The zero-order chi connectivity index (χ0) is 14.8. The molecule has 1 aromatic carbocycles. The summed E-state index contributed by atoms with van der Waals surface area (Å²) >= 11 is 0. The zero-order valence-corrected chi connectivity index (χ0v) is 10.5. The molecule has 1 N–H and O–H groups in total. The molecule has 0 radical (unpaired) electrons. The van der Waals surface area contributed by atoms with E-state index >= 15 is 0 Å². The maximum atomic E-state index is 10.8. The number of hydrogen-bond donors (Lipinski definition) is 1. The van der Waals surface area contributed by atoms with Crippen molar-refractivity contribution in [2.75, 3.05) is 0 Å². The topological polar surface area (TPSA) is 115 Å². The molecule has 3 rings (SSSR count). The Morgan fingerprint density at radius 3 is 2.90 bits per heavy atom. The van der Waals surface area contributed by atoms with E-state index in [0.29, 0.717) is 11.1 Å². The predicted octanol–water partition coefficient (Wildman–Crippen LogP) is 2.41. The molecule has 0 saturated heterocycles. The van der Waals surface area contributed by atoms with Gasteiger partial charge < -0.3 is 9.63 Å². The van der Waals surface area contributed by atoms with Crippen LogP contribution in [0.1, 0.15) is 0 Å². The number of nitrogens with zero attached hydrogens (tertiary/aromatic N) is 4. The van der Waals surface area contributed by atoms with Crippen LogP contribution < -0.4 is 0 Å². The summed E-state index contributed by atoms with van der Waals surface area (Å²) in [7, 11) is 0. The molecule has 3 aromatic rings. The Hall–Kier alpha value is -3.29. The van der Waals surface area contributed by atoms with Crippen molar-refractivity contribution in [3.05, 3.63) is 52.8 Å². The van der Waals surface area contributed by atoms with Crippen LogP contribution in [-0.4, -0.2) is 25.2 Å². The largest absolute Gasteiger partial charge is 0.505 e. The van der Waals surface area contributed by atoms with Crippen molar-refractivity contribution in [1.82, 2.24) is 15.1 Å². The van der Waals surface area contributed by atoms with Crippen LogP contribution in [0.5, 0.6) is 5.75 Å². The fourth-order valence-electron chi connectivity index (χ4n) is 1.78. The second-order valence-electron chi connectivity index (χ2n) is 4.12. The third-order valence-electron chi connectivity index (χ3n) is 2.77. The van der Waals surface area contributed by atoms with Crippen molar-refractivity contribution in [1.29, 1.82) is 0 Å². The Morgan fingerprint density at radius 1 is 1.29 bits per heavy atom. The average Bonchev–Trinajstić information content (AvgIpc) is 2.97. The van der Waals surface area contributed by atoms with Crippen LogP contribution in [0.25, 0.3) is 22.8 Å². The lowest BCUT2D eigenvalue weighted by Gasteiger charge is -1.96. The molecule has 0 amide bonds. The standard InChI is InChI=1S/C13H8N4O4/c18-11-7-14-5-4-10(11)13-15-12(16-21-13)8-2-1-3-9(6-8)17(19)20/h1-7,18H. The van der Waals surface area contributed by atoms with Gasteiger partial charge in [-0.1, -0.05) is 17.3 Å². The summed E-state index contributed by atoms with van der Waals surface area (Å²) in [6.45, 7) is 0. The number of benzene rings is 1. The minimum atomic E-state index is -0.501. The molecule has 0 atom stereocenters. The number of hydrogen-bond acceptors (Lipinski definition) is 7. The minimum Gasteiger partial charge on any atom is -0.505 e. The maximum absolute atomic E-state index is 10.8. The quantitative estimate of drug-likeness (QED) is 0.579. The third kappa shape index (κ3) is 2.41. The highest BCUT2D eigenvalue weighted by Gasteiger charge is 2.15. The molecule has 8 heteroatoms. The molecular formula is C13H8N4O4. The van der Waals surface area contributed by atoms with E-state index in [4.69, 9.17) is 4.52 Å². The Kier molecular flexibility index (Phi) is 3.03. The highest BCUT2D eigenvalue weighted by Crippen LogP contribution is 2.29. The normalized spacial score (nSPS) is 10.5. The van der Waals surface area contributed by atoms with Gasteiger partial charge in [0.2, 0.25) is 5.82 Å². The Morgan fingerprint density at radius 2 is 2.14 bits per heavy atom. The Bertz CT molecular complexity index is 815. The van der Waals surface area contributed by atoms with E-state index in [1.807, 2.05) is 0 Å². The van der Waals surface area contributed by atoms with Crippen LogP contribution in [-0.2, 0) is 0 Å². The Labute approximate surface area is 117 Å². The summed E-state index contributed by atoms with van der Waals surface area (Å²) in [4.78, 5) is 18.1. The summed E-state index contributed by atoms with van der Waals surface area (Å²) in [5.41, 5.74) is 0.729.